The lowest BCUT2D eigenvalue weighted by Crippen LogP contribution is -2.21. The van der Waals surface area contributed by atoms with Crippen molar-refractivity contribution < 1.29 is 19.1 Å². The predicted octanol–water partition coefficient (Wildman–Crippen LogP) is 2.88. The molecule has 124 valence electrons. The van der Waals surface area contributed by atoms with E-state index in [9.17, 15) is 14.4 Å². The normalized spacial score (nSPS) is 9.96. The number of anilines is 1. The molecule has 2 aromatic carbocycles. The average molecular weight is 347 g/mol. The van der Waals surface area contributed by atoms with Crippen molar-refractivity contribution in [3.8, 4) is 5.75 Å². The summed E-state index contributed by atoms with van der Waals surface area (Å²) >= 11 is 5.93. The van der Waals surface area contributed by atoms with Gasteiger partial charge in [-0.2, -0.15) is 0 Å². The maximum absolute atomic E-state index is 12.3. The van der Waals surface area contributed by atoms with Gasteiger partial charge in [0.2, 0.25) is 0 Å². The molecule has 7 heteroatoms. The molecular weight excluding hydrogens is 332 g/mol. The van der Waals surface area contributed by atoms with Crippen LogP contribution in [-0.2, 0) is 4.79 Å². The number of ether oxygens (including phenoxy) is 1. The molecule has 0 aliphatic rings. The Labute approximate surface area is 143 Å². The largest absolute Gasteiger partial charge is 0.427 e. The standard InChI is InChI=1S/C17H15ClN2O4/c1-10(21)24-13-6-3-11(4-7-13)16(22)20-15-9-12(18)5-8-14(15)17(23)19-2/h3-9H,1-2H3,(H,19,23)(H,20,22). The highest BCUT2D eigenvalue weighted by Gasteiger charge is 2.14. The maximum atomic E-state index is 12.3. The second kappa shape index (κ2) is 7.61. The zero-order valence-corrected chi connectivity index (χ0v) is 13.8. The van der Waals surface area contributed by atoms with E-state index in [1.54, 1.807) is 6.07 Å². The second-order valence-corrected chi connectivity index (χ2v) is 5.28. The molecule has 0 bridgehead atoms. The van der Waals surface area contributed by atoms with Gasteiger partial charge in [0.05, 0.1) is 11.3 Å². The Hall–Kier alpha value is -2.86. The summed E-state index contributed by atoms with van der Waals surface area (Å²) in [5, 5.41) is 5.54. The molecule has 0 spiro atoms. The van der Waals surface area contributed by atoms with Crippen LogP contribution in [0.3, 0.4) is 0 Å². The van der Waals surface area contributed by atoms with E-state index in [4.69, 9.17) is 16.3 Å². The Morgan fingerprint density at radius 2 is 1.67 bits per heavy atom. The number of esters is 1. The Morgan fingerprint density at radius 3 is 2.25 bits per heavy atom. The number of amides is 2. The van der Waals surface area contributed by atoms with Gasteiger partial charge in [0, 0.05) is 24.6 Å². The molecule has 0 atom stereocenters. The van der Waals surface area contributed by atoms with E-state index in [-0.39, 0.29) is 5.91 Å². The van der Waals surface area contributed by atoms with Crippen LogP contribution >= 0.6 is 11.6 Å². The topological polar surface area (TPSA) is 84.5 Å². The molecule has 0 aliphatic heterocycles. The van der Waals surface area contributed by atoms with Crippen LogP contribution in [0.5, 0.6) is 5.75 Å². The Bertz CT molecular complexity index is 788. The quantitative estimate of drug-likeness (QED) is 0.658. The number of carbonyl (C=O) groups is 3. The van der Waals surface area contributed by atoms with Crippen LogP contribution in [0.25, 0.3) is 0 Å². The zero-order valence-electron chi connectivity index (χ0n) is 13.1. The molecule has 0 saturated carbocycles. The average Bonchev–Trinajstić information content (AvgIpc) is 2.54. The van der Waals surface area contributed by atoms with Crippen LogP contribution in [0.2, 0.25) is 5.02 Å². The molecule has 2 rings (SSSR count). The van der Waals surface area contributed by atoms with Gasteiger partial charge in [0.15, 0.2) is 0 Å². The Balaban J connectivity index is 2.21. The van der Waals surface area contributed by atoms with E-state index >= 15 is 0 Å². The van der Waals surface area contributed by atoms with Crippen LogP contribution < -0.4 is 15.4 Å². The van der Waals surface area contributed by atoms with Crippen LogP contribution in [0.4, 0.5) is 5.69 Å². The highest BCUT2D eigenvalue weighted by molar-refractivity contribution is 6.31. The van der Waals surface area contributed by atoms with Crippen molar-refractivity contribution in [1.82, 2.24) is 5.32 Å². The van der Waals surface area contributed by atoms with Crippen molar-refractivity contribution in [3.63, 3.8) is 0 Å². The smallest absolute Gasteiger partial charge is 0.308 e. The molecule has 0 unspecified atom stereocenters. The van der Waals surface area contributed by atoms with Gasteiger partial charge in [-0.1, -0.05) is 11.6 Å². The first-order valence-electron chi connectivity index (χ1n) is 7.02. The van der Waals surface area contributed by atoms with Crippen molar-refractivity contribution in [2.75, 3.05) is 12.4 Å². The van der Waals surface area contributed by atoms with E-state index in [2.05, 4.69) is 10.6 Å². The van der Waals surface area contributed by atoms with Crippen LogP contribution in [-0.4, -0.2) is 24.8 Å². The molecule has 2 aromatic rings. The third kappa shape index (κ3) is 4.33. The number of halogens is 1. The van der Waals surface area contributed by atoms with Gasteiger partial charge in [-0.25, -0.2) is 0 Å². The molecule has 0 saturated heterocycles. The third-order valence-electron chi connectivity index (χ3n) is 3.08. The fourth-order valence-electron chi connectivity index (χ4n) is 1.99. The lowest BCUT2D eigenvalue weighted by atomic mass is 10.1. The van der Waals surface area contributed by atoms with Gasteiger partial charge in [-0.05, 0) is 42.5 Å². The monoisotopic (exact) mass is 346 g/mol. The first kappa shape index (κ1) is 17.5. The fourth-order valence-corrected chi connectivity index (χ4v) is 2.16. The van der Waals surface area contributed by atoms with E-state index in [1.807, 2.05) is 0 Å². The number of benzene rings is 2. The van der Waals surface area contributed by atoms with Gasteiger partial charge >= 0.3 is 5.97 Å². The molecule has 0 heterocycles. The van der Waals surface area contributed by atoms with Gasteiger partial charge in [-0.3, -0.25) is 14.4 Å². The summed E-state index contributed by atoms with van der Waals surface area (Å²) in [5.74, 6) is -0.863. The van der Waals surface area contributed by atoms with Crippen molar-refractivity contribution in [2.24, 2.45) is 0 Å². The first-order chi connectivity index (χ1) is 11.4. The fraction of sp³-hybridized carbons (Fsp3) is 0.118. The summed E-state index contributed by atoms with van der Waals surface area (Å²) in [5.41, 5.74) is 0.941. The van der Waals surface area contributed by atoms with E-state index in [1.165, 1.54) is 50.4 Å². The number of rotatable bonds is 4. The summed E-state index contributed by atoms with van der Waals surface area (Å²) in [6.07, 6.45) is 0. The molecule has 0 fully saturated rings. The molecular formula is C17H15ClN2O4. The number of carbonyl (C=O) groups excluding carboxylic acids is 3. The Morgan fingerprint density at radius 1 is 1.00 bits per heavy atom. The van der Waals surface area contributed by atoms with Crippen LogP contribution in [0.15, 0.2) is 42.5 Å². The minimum atomic E-state index is -0.443. The lowest BCUT2D eigenvalue weighted by Gasteiger charge is -2.11. The number of hydrogen-bond donors (Lipinski definition) is 2. The summed E-state index contributed by atoms with van der Waals surface area (Å²) in [6.45, 7) is 1.29. The van der Waals surface area contributed by atoms with Gasteiger partial charge < -0.3 is 15.4 Å². The number of nitrogens with one attached hydrogen (secondary N) is 2. The molecule has 0 radical (unpaired) electrons. The SMILES string of the molecule is CNC(=O)c1ccc(Cl)cc1NC(=O)c1ccc(OC(C)=O)cc1. The number of hydrogen-bond acceptors (Lipinski definition) is 4. The van der Waals surface area contributed by atoms with Gasteiger partial charge in [0.25, 0.3) is 11.8 Å². The summed E-state index contributed by atoms with van der Waals surface area (Å²) in [7, 11) is 1.50. The summed E-state index contributed by atoms with van der Waals surface area (Å²) in [4.78, 5) is 35.1. The molecule has 2 amide bonds. The summed E-state index contributed by atoms with van der Waals surface area (Å²) < 4.78 is 4.91. The minimum absolute atomic E-state index is 0.298. The van der Waals surface area contributed by atoms with Gasteiger partial charge in [-0.15, -0.1) is 0 Å². The molecule has 6 nitrogen and oxygen atoms in total. The highest BCUT2D eigenvalue weighted by Crippen LogP contribution is 2.22. The van der Waals surface area contributed by atoms with Crippen molar-refractivity contribution in [1.29, 1.82) is 0 Å². The summed E-state index contributed by atoms with van der Waals surface area (Å²) in [6, 6.07) is 10.6. The molecule has 2 N–H and O–H groups in total. The van der Waals surface area contributed by atoms with E-state index < -0.39 is 11.9 Å². The lowest BCUT2D eigenvalue weighted by molar-refractivity contribution is -0.131. The maximum Gasteiger partial charge on any atom is 0.308 e. The molecule has 24 heavy (non-hydrogen) atoms. The minimum Gasteiger partial charge on any atom is -0.427 e. The third-order valence-corrected chi connectivity index (χ3v) is 3.31. The highest BCUT2D eigenvalue weighted by atomic mass is 35.5. The van der Waals surface area contributed by atoms with Crippen molar-refractivity contribution in [3.05, 3.63) is 58.6 Å². The van der Waals surface area contributed by atoms with Crippen molar-refractivity contribution in [2.45, 2.75) is 6.92 Å². The first-order valence-corrected chi connectivity index (χ1v) is 7.40. The predicted molar refractivity (Wildman–Crippen MR) is 90.5 cm³/mol. The Kier molecular flexibility index (Phi) is 5.55. The van der Waals surface area contributed by atoms with Crippen LogP contribution in [0, 0.1) is 0 Å². The van der Waals surface area contributed by atoms with Crippen LogP contribution in [0.1, 0.15) is 27.6 Å². The van der Waals surface area contributed by atoms with Crippen molar-refractivity contribution >= 4 is 35.1 Å². The zero-order chi connectivity index (χ0) is 17.7. The molecule has 0 aliphatic carbocycles. The van der Waals surface area contributed by atoms with E-state index in [0.29, 0.717) is 27.6 Å². The van der Waals surface area contributed by atoms with Gasteiger partial charge in [0.1, 0.15) is 5.75 Å². The van der Waals surface area contributed by atoms with E-state index in [0.717, 1.165) is 0 Å². The molecule has 0 aromatic heterocycles. The second-order valence-electron chi connectivity index (χ2n) is 4.84.